The van der Waals surface area contributed by atoms with Crippen LogP contribution in [0.5, 0.6) is 0 Å². The summed E-state index contributed by atoms with van der Waals surface area (Å²) in [5.41, 5.74) is 3.58. The predicted octanol–water partition coefficient (Wildman–Crippen LogP) is 5.08. The standard InChI is InChI=1S/C26H22FNO5/c27-21-9-6-18(7-10-21)14-23(25(29)30)28-26(31)32-16-22-15-20-13-19(8-11-24(20)33-22)12-17-4-2-1-3-5-17/h1-11,13,15,23H,12,14,16H2,(H,28,31)(H,29,30). The van der Waals surface area contributed by atoms with Gasteiger partial charge in [0.2, 0.25) is 0 Å². The van der Waals surface area contributed by atoms with Crippen LogP contribution in [-0.4, -0.2) is 23.2 Å². The monoisotopic (exact) mass is 447 g/mol. The van der Waals surface area contributed by atoms with Crippen LogP contribution in [-0.2, 0) is 29.0 Å². The Morgan fingerprint density at radius 2 is 1.67 bits per heavy atom. The molecule has 6 nitrogen and oxygen atoms in total. The molecule has 7 heteroatoms. The van der Waals surface area contributed by atoms with E-state index < -0.39 is 23.9 Å². The van der Waals surface area contributed by atoms with Gasteiger partial charge in [-0.05, 0) is 53.4 Å². The van der Waals surface area contributed by atoms with Crippen molar-refractivity contribution < 1.29 is 28.2 Å². The van der Waals surface area contributed by atoms with Crippen LogP contribution >= 0.6 is 0 Å². The number of aliphatic carboxylic acids is 1. The zero-order valence-electron chi connectivity index (χ0n) is 17.7. The number of hydrogen-bond donors (Lipinski definition) is 2. The maximum absolute atomic E-state index is 13.0. The van der Waals surface area contributed by atoms with Gasteiger partial charge in [0.25, 0.3) is 0 Å². The number of nitrogens with one attached hydrogen (secondary N) is 1. The minimum absolute atomic E-state index is 0.000454. The SMILES string of the molecule is O=C(NC(Cc1ccc(F)cc1)C(=O)O)OCc1cc2cc(Cc3ccccc3)ccc2o1. The molecular formula is C26H22FNO5. The molecule has 0 aliphatic rings. The van der Waals surface area contributed by atoms with E-state index in [4.69, 9.17) is 9.15 Å². The summed E-state index contributed by atoms with van der Waals surface area (Å²) >= 11 is 0. The lowest BCUT2D eigenvalue weighted by Crippen LogP contribution is -2.42. The summed E-state index contributed by atoms with van der Waals surface area (Å²) in [7, 11) is 0. The smallest absolute Gasteiger partial charge is 0.408 e. The Morgan fingerprint density at radius 3 is 2.39 bits per heavy atom. The summed E-state index contributed by atoms with van der Waals surface area (Å²) in [5.74, 6) is -1.19. The van der Waals surface area contributed by atoms with Crippen molar-refractivity contribution in [1.82, 2.24) is 5.32 Å². The van der Waals surface area contributed by atoms with Gasteiger partial charge in [-0.15, -0.1) is 0 Å². The van der Waals surface area contributed by atoms with Gasteiger partial charge >= 0.3 is 12.1 Å². The molecule has 0 bridgehead atoms. The molecule has 1 atom stereocenters. The molecule has 0 fully saturated rings. The van der Waals surface area contributed by atoms with Crippen LogP contribution in [0.25, 0.3) is 11.0 Å². The molecule has 0 saturated carbocycles. The Kier molecular flexibility index (Phi) is 6.69. The Bertz CT molecular complexity index is 1250. The van der Waals surface area contributed by atoms with Crippen molar-refractivity contribution in [2.24, 2.45) is 0 Å². The van der Waals surface area contributed by atoms with Gasteiger partial charge in [-0.25, -0.2) is 14.0 Å². The van der Waals surface area contributed by atoms with Gasteiger partial charge in [0.1, 0.15) is 23.2 Å². The van der Waals surface area contributed by atoms with Crippen LogP contribution in [0.15, 0.2) is 83.3 Å². The van der Waals surface area contributed by atoms with Crippen LogP contribution in [0, 0.1) is 5.82 Å². The van der Waals surface area contributed by atoms with Crippen LogP contribution in [0.2, 0.25) is 0 Å². The highest BCUT2D eigenvalue weighted by atomic mass is 19.1. The van der Waals surface area contributed by atoms with Crippen molar-refractivity contribution in [1.29, 1.82) is 0 Å². The summed E-state index contributed by atoms with van der Waals surface area (Å²) in [6.07, 6.45) is -0.0878. The summed E-state index contributed by atoms with van der Waals surface area (Å²) < 4.78 is 23.9. The van der Waals surface area contributed by atoms with Crippen molar-refractivity contribution in [2.75, 3.05) is 0 Å². The number of carbonyl (C=O) groups is 2. The highest BCUT2D eigenvalue weighted by molar-refractivity contribution is 5.80. The minimum Gasteiger partial charge on any atom is -0.480 e. The molecule has 168 valence electrons. The Labute approximate surface area is 189 Å². The van der Waals surface area contributed by atoms with Gasteiger partial charge in [0, 0.05) is 11.8 Å². The maximum atomic E-state index is 13.0. The van der Waals surface area contributed by atoms with Crippen molar-refractivity contribution in [3.05, 3.63) is 107 Å². The minimum atomic E-state index is -1.22. The Hall–Kier alpha value is -4.13. The van der Waals surface area contributed by atoms with Gasteiger partial charge in [0.15, 0.2) is 6.61 Å². The third-order valence-corrected chi connectivity index (χ3v) is 5.17. The van der Waals surface area contributed by atoms with Gasteiger partial charge < -0.3 is 19.6 Å². The van der Waals surface area contributed by atoms with E-state index in [1.807, 2.05) is 36.4 Å². The van der Waals surface area contributed by atoms with E-state index in [2.05, 4.69) is 17.4 Å². The number of furan rings is 1. The van der Waals surface area contributed by atoms with Crippen LogP contribution in [0.1, 0.15) is 22.5 Å². The van der Waals surface area contributed by atoms with E-state index in [-0.39, 0.29) is 13.0 Å². The first-order chi connectivity index (χ1) is 16.0. The van der Waals surface area contributed by atoms with E-state index in [0.717, 1.165) is 17.4 Å². The second-order valence-electron chi connectivity index (χ2n) is 7.69. The first kappa shape index (κ1) is 22.1. The maximum Gasteiger partial charge on any atom is 0.408 e. The summed E-state index contributed by atoms with van der Waals surface area (Å²) in [5, 5.41) is 12.6. The fourth-order valence-corrected chi connectivity index (χ4v) is 3.54. The van der Waals surface area contributed by atoms with E-state index in [1.165, 1.54) is 29.8 Å². The van der Waals surface area contributed by atoms with Crippen molar-refractivity contribution in [2.45, 2.75) is 25.5 Å². The molecule has 0 saturated heterocycles. The van der Waals surface area contributed by atoms with E-state index in [1.54, 1.807) is 6.07 Å². The number of ether oxygens (including phenoxy) is 1. The molecule has 4 rings (SSSR count). The van der Waals surface area contributed by atoms with Gasteiger partial charge in [0.05, 0.1) is 0 Å². The molecular weight excluding hydrogens is 425 g/mol. The second kappa shape index (κ2) is 9.99. The number of halogens is 1. The summed E-state index contributed by atoms with van der Waals surface area (Å²) in [6, 6.07) is 22.0. The lowest BCUT2D eigenvalue weighted by molar-refractivity contribution is -0.139. The molecule has 3 aromatic carbocycles. The average molecular weight is 447 g/mol. The van der Waals surface area contributed by atoms with E-state index in [0.29, 0.717) is 16.9 Å². The molecule has 0 radical (unpaired) electrons. The molecule has 0 aliphatic heterocycles. The quantitative estimate of drug-likeness (QED) is 0.393. The number of carboxylic acid groups (broad SMARTS) is 1. The first-order valence-corrected chi connectivity index (χ1v) is 10.4. The third kappa shape index (κ3) is 5.98. The molecule has 1 unspecified atom stereocenters. The fourth-order valence-electron chi connectivity index (χ4n) is 3.54. The zero-order chi connectivity index (χ0) is 23.2. The average Bonchev–Trinajstić information content (AvgIpc) is 3.21. The normalized spacial score (nSPS) is 11.8. The Balaban J connectivity index is 1.35. The van der Waals surface area contributed by atoms with Gasteiger partial charge in [-0.2, -0.15) is 0 Å². The molecule has 33 heavy (non-hydrogen) atoms. The fraction of sp³-hybridized carbons (Fsp3) is 0.154. The van der Waals surface area contributed by atoms with Crippen LogP contribution in [0.4, 0.5) is 9.18 Å². The molecule has 0 spiro atoms. The molecule has 0 aliphatic carbocycles. The van der Waals surface area contributed by atoms with E-state index >= 15 is 0 Å². The number of benzene rings is 3. The number of fused-ring (bicyclic) bond motifs is 1. The van der Waals surface area contributed by atoms with Crippen molar-refractivity contribution in [3.8, 4) is 0 Å². The summed E-state index contributed by atoms with van der Waals surface area (Å²) in [4.78, 5) is 23.6. The van der Waals surface area contributed by atoms with Crippen LogP contribution < -0.4 is 5.32 Å². The highest BCUT2D eigenvalue weighted by Crippen LogP contribution is 2.23. The largest absolute Gasteiger partial charge is 0.480 e. The van der Waals surface area contributed by atoms with Gasteiger partial charge in [-0.3, -0.25) is 0 Å². The predicted molar refractivity (Wildman–Crippen MR) is 120 cm³/mol. The van der Waals surface area contributed by atoms with Gasteiger partial charge in [-0.1, -0.05) is 48.5 Å². The topological polar surface area (TPSA) is 88.8 Å². The second-order valence-corrected chi connectivity index (χ2v) is 7.69. The zero-order valence-corrected chi connectivity index (χ0v) is 17.7. The van der Waals surface area contributed by atoms with Crippen molar-refractivity contribution in [3.63, 3.8) is 0 Å². The number of carboxylic acids is 1. The number of alkyl carbamates (subject to hydrolysis) is 1. The molecule has 1 aromatic heterocycles. The number of carbonyl (C=O) groups excluding carboxylic acids is 1. The number of hydrogen-bond acceptors (Lipinski definition) is 4. The van der Waals surface area contributed by atoms with Crippen LogP contribution in [0.3, 0.4) is 0 Å². The molecule has 1 amide bonds. The first-order valence-electron chi connectivity index (χ1n) is 10.4. The molecule has 2 N–H and O–H groups in total. The molecule has 1 heterocycles. The number of rotatable bonds is 8. The lowest BCUT2D eigenvalue weighted by Gasteiger charge is -2.14. The van der Waals surface area contributed by atoms with Crippen molar-refractivity contribution >= 4 is 23.0 Å². The highest BCUT2D eigenvalue weighted by Gasteiger charge is 2.21. The third-order valence-electron chi connectivity index (χ3n) is 5.17. The Morgan fingerprint density at radius 1 is 0.939 bits per heavy atom. The van der Waals surface area contributed by atoms with E-state index in [9.17, 15) is 19.1 Å². The molecule has 4 aromatic rings. The lowest BCUT2D eigenvalue weighted by atomic mass is 10.0. The number of amides is 1. The summed E-state index contributed by atoms with van der Waals surface area (Å²) in [6.45, 7) is -0.141.